The number of hydrogen-bond acceptors (Lipinski definition) is 6. The van der Waals surface area contributed by atoms with Crippen LogP contribution >= 0.6 is 0 Å². The molecule has 0 saturated carbocycles. The van der Waals surface area contributed by atoms with Crippen molar-refractivity contribution >= 4 is 15.7 Å². The molecule has 1 aliphatic rings. The highest BCUT2D eigenvalue weighted by atomic mass is 32.2. The summed E-state index contributed by atoms with van der Waals surface area (Å²) in [5.74, 6) is 0. The summed E-state index contributed by atoms with van der Waals surface area (Å²) in [6, 6.07) is 11.2. The van der Waals surface area contributed by atoms with E-state index in [9.17, 15) is 13.5 Å². The molecule has 0 fully saturated rings. The maximum absolute atomic E-state index is 12.9. The van der Waals surface area contributed by atoms with Gasteiger partial charge in [0, 0.05) is 0 Å². The molecule has 4 N–H and O–H groups in total. The lowest BCUT2D eigenvalue weighted by Gasteiger charge is -2.24. The van der Waals surface area contributed by atoms with Crippen molar-refractivity contribution in [2.75, 3.05) is 5.48 Å². The van der Waals surface area contributed by atoms with Crippen molar-refractivity contribution in [3.63, 3.8) is 0 Å². The molecular weight excluding hydrogens is 368 g/mol. The molecule has 3 rings (SSSR count). The van der Waals surface area contributed by atoms with Crippen LogP contribution in [0, 0.1) is 0 Å². The van der Waals surface area contributed by atoms with Crippen molar-refractivity contribution in [2.45, 2.75) is 49.6 Å². The smallest absolute Gasteiger partial charge is 0.241 e. The van der Waals surface area contributed by atoms with E-state index in [0.29, 0.717) is 17.7 Å². The maximum Gasteiger partial charge on any atom is 0.241 e. The zero-order valence-electron chi connectivity index (χ0n) is 15.1. The molecule has 27 heavy (non-hydrogen) atoms. The van der Waals surface area contributed by atoms with Gasteiger partial charge in [0.25, 0.3) is 0 Å². The monoisotopic (exact) mass is 392 g/mol. The average Bonchev–Trinajstić information content (AvgIpc) is 2.81. The largest absolute Gasteiger partial charge is 0.391 e. The molecule has 146 valence electrons. The molecule has 2 atom stereocenters. The molecular formula is C19H24N2O5S. The molecule has 0 amide bonds. The number of nitrogens with one attached hydrogen (secondary N) is 2. The van der Waals surface area contributed by atoms with Crippen LogP contribution in [-0.2, 0) is 27.9 Å². The Morgan fingerprint density at radius 1 is 1.19 bits per heavy atom. The second-order valence-electron chi connectivity index (χ2n) is 6.66. The Morgan fingerprint density at radius 2 is 1.93 bits per heavy atom. The van der Waals surface area contributed by atoms with E-state index >= 15 is 0 Å². The second kappa shape index (κ2) is 8.37. The fourth-order valence-corrected chi connectivity index (χ4v) is 4.63. The topological polar surface area (TPSA) is 108 Å². The van der Waals surface area contributed by atoms with Gasteiger partial charge in [0.05, 0.1) is 22.7 Å². The highest BCUT2D eigenvalue weighted by Crippen LogP contribution is 2.32. The van der Waals surface area contributed by atoms with E-state index in [1.54, 1.807) is 36.4 Å². The molecule has 0 unspecified atom stereocenters. The van der Waals surface area contributed by atoms with E-state index in [4.69, 9.17) is 5.26 Å². The van der Waals surface area contributed by atoms with E-state index in [1.165, 1.54) is 0 Å². The van der Waals surface area contributed by atoms with Crippen molar-refractivity contribution < 1.29 is 23.8 Å². The van der Waals surface area contributed by atoms with Gasteiger partial charge in [0.1, 0.15) is 0 Å². The number of rotatable bonds is 6. The zero-order chi connectivity index (χ0) is 19.4. The Kier molecular flexibility index (Phi) is 6.13. The quantitative estimate of drug-likeness (QED) is 0.342. The van der Waals surface area contributed by atoms with Crippen molar-refractivity contribution in [2.24, 2.45) is 0 Å². The van der Waals surface area contributed by atoms with Crippen LogP contribution in [-0.4, -0.2) is 24.9 Å². The van der Waals surface area contributed by atoms with Crippen molar-refractivity contribution in [3.8, 4) is 0 Å². The van der Waals surface area contributed by atoms with E-state index in [2.05, 4.69) is 15.2 Å². The molecule has 2 aromatic rings. The van der Waals surface area contributed by atoms with E-state index in [0.717, 1.165) is 30.4 Å². The highest BCUT2D eigenvalue weighted by molar-refractivity contribution is 7.89. The van der Waals surface area contributed by atoms with Crippen LogP contribution in [0.4, 0.5) is 5.69 Å². The molecule has 7 nitrogen and oxygen atoms in total. The number of hydrogen-bond donors (Lipinski definition) is 4. The van der Waals surface area contributed by atoms with Crippen LogP contribution in [0.5, 0.6) is 0 Å². The van der Waals surface area contributed by atoms with Gasteiger partial charge in [-0.05, 0) is 66.6 Å². The average molecular weight is 392 g/mol. The number of aryl methyl sites for hydroxylation is 2. The summed E-state index contributed by atoms with van der Waals surface area (Å²) in [5, 5.41) is 19.2. The van der Waals surface area contributed by atoms with Gasteiger partial charge in [-0.25, -0.2) is 23.9 Å². The number of fused-ring (bicyclic) bond motifs is 1. The lowest BCUT2D eigenvalue weighted by atomic mass is 9.98. The minimum absolute atomic E-state index is 0.158. The van der Waals surface area contributed by atoms with Crippen LogP contribution in [0.3, 0.4) is 0 Å². The SMILES string of the molecule is CCc1ccc(S(=O)(=O)N[C@@H]2c3cc(NOO)ccc3CCC[C@H]2O)cc1. The highest BCUT2D eigenvalue weighted by Gasteiger charge is 2.31. The van der Waals surface area contributed by atoms with Gasteiger partial charge in [-0.1, -0.05) is 25.1 Å². The third kappa shape index (κ3) is 4.48. The summed E-state index contributed by atoms with van der Waals surface area (Å²) in [4.78, 5) is 4.11. The first kappa shape index (κ1) is 19.8. The van der Waals surface area contributed by atoms with Crippen LogP contribution in [0.1, 0.15) is 42.5 Å². The van der Waals surface area contributed by atoms with Crippen LogP contribution < -0.4 is 10.2 Å². The van der Waals surface area contributed by atoms with Crippen LogP contribution in [0.25, 0.3) is 0 Å². The molecule has 0 radical (unpaired) electrons. The summed E-state index contributed by atoms with van der Waals surface area (Å²) >= 11 is 0. The minimum Gasteiger partial charge on any atom is -0.391 e. The molecule has 1 aliphatic carbocycles. The summed E-state index contributed by atoms with van der Waals surface area (Å²) in [6.45, 7) is 2.00. The van der Waals surface area contributed by atoms with Gasteiger partial charge < -0.3 is 5.11 Å². The number of aliphatic hydroxyl groups is 1. The van der Waals surface area contributed by atoms with Gasteiger partial charge in [0.2, 0.25) is 10.0 Å². The third-order valence-corrected chi connectivity index (χ3v) is 6.36. The molecule has 0 spiro atoms. The molecule has 0 saturated heterocycles. The van der Waals surface area contributed by atoms with Gasteiger partial charge in [-0.3, -0.25) is 0 Å². The summed E-state index contributed by atoms with van der Waals surface area (Å²) in [7, 11) is -3.81. The number of aliphatic hydroxyl groups excluding tert-OH is 1. The summed E-state index contributed by atoms with van der Waals surface area (Å²) in [5.41, 5.74) is 5.44. The summed E-state index contributed by atoms with van der Waals surface area (Å²) < 4.78 is 28.4. The molecule has 2 aromatic carbocycles. The standard InChI is InChI=1S/C19H24N2O5S/c1-2-13-6-10-16(11-7-13)27(24,25)21-19-17-12-15(20-26-23)9-8-14(17)4-3-5-18(19)22/h6-12,18-23H,2-5H2,1H3/t18-,19-/m1/s1. The van der Waals surface area contributed by atoms with E-state index < -0.39 is 22.2 Å². The molecule has 0 bridgehead atoms. The Morgan fingerprint density at radius 3 is 2.59 bits per heavy atom. The summed E-state index contributed by atoms with van der Waals surface area (Å²) in [6.07, 6.45) is 1.93. The fourth-order valence-electron chi connectivity index (χ4n) is 3.39. The predicted molar refractivity (Wildman–Crippen MR) is 102 cm³/mol. The predicted octanol–water partition coefficient (Wildman–Crippen LogP) is 2.78. The molecule has 0 aliphatic heterocycles. The first-order valence-corrected chi connectivity index (χ1v) is 10.4. The Bertz CT molecular complexity index is 883. The Hall–Kier alpha value is -1.97. The first-order valence-electron chi connectivity index (χ1n) is 8.93. The molecule has 8 heteroatoms. The third-order valence-electron chi connectivity index (χ3n) is 4.90. The Labute approximate surface area is 158 Å². The van der Waals surface area contributed by atoms with Crippen LogP contribution in [0.2, 0.25) is 0 Å². The van der Waals surface area contributed by atoms with Gasteiger partial charge in [-0.15, -0.1) is 4.99 Å². The van der Waals surface area contributed by atoms with E-state index in [1.807, 2.05) is 13.0 Å². The zero-order valence-corrected chi connectivity index (χ0v) is 15.9. The van der Waals surface area contributed by atoms with Crippen molar-refractivity contribution in [1.82, 2.24) is 4.72 Å². The van der Waals surface area contributed by atoms with Crippen molar-refractivity contribution in [3.05, 3.63) is 59.2 Å². The van der Waals surface area contributed by atoms with Crippen LogP contribution in [0.15, 0.2) is 47.4 Å². The maximum atomic E-state index is 12.9. The normalized spacial score (nSPS) is 20.0. The Balaban J connectivity index is 1.95. The molecule has 0 heterocycles. The minimum atomic E-state index is -3.81. The van der Waals surface area contributed by atoms with Crippen molar-refractivity contribution in [1.29, 1.82) is 0 Å². The number of anilines is 1. The van der Waals surface area contributed by atoms with E-state index in [-0.39, 0.29) is 4.90 Å². The molecule has 0 aromatic heterocycles. The first-order chi connectivity index (χ1) is 12.9. The number of sulfonamides is 1. The van der Waals surface area contributed by atoms with Gasteiger partial charge in [-0.2, -0.15) is 0 Å². The second-order valence-corrected chi connectivity index (χ2v) is 8.38. The van der Waals surface area contributed by atoms with Gasteiger partial charge >= 0.3 is 0 Å². The van der Waals surface area contributed by atoms with Gasteiger partial charge in [0.15, 0.2) is 0 Å². The number of benzene rings is 2. The lowest BCUT2D eigenvalue weighted by Crippen LogP contribution is -2.36. The fraction of sp³-hybridized carbons (Fsp3) is 0.368. The lowest BCUT2D eigenvalue weighted by molar-refractivity contribution is -0.215.